The van der Waals surface area contributed by atoms with Crippen molar-refractivity contribution in [3.05, 3.63) is 78.4 Å². The molecule has 6 heteroatoms. The van der Waals surface area contributed by atoms with Crippen LogP contribution in [0.1, 0.15) is 16.8 Å². The summed E-state index contributed by atoms with van der Waals surface area (Å²) in [4.78, 5) is 20.7. The monoisotopic (exact) mass is 397 g/mol. The normalized spacial score (nSPS) is 11.3. The predicted octanol–water partition coefficient (Wildman–Crippen LogP) is 4.91. The molecule has 5 aromatic rings. The van der Waals surface area contributed by atoms with Gasteiger partial charge in [0.2, 0.25) is 0 Å². The third-order valence-electron chi connectivity index (χ3n) is 5.15. The van der Waals surface area contributed by atoms with Crippen LogP contribution in [0.3, 0.4) is 0 Å². The first-order valence-electron chi connectivity index (χ1n) is 9.80. The third-order valence-corrected chi connectivity index (χ3v) is 5.15. The van der Waals surface area contributed by atoms with Gasteiger partial charge in [-0.25, -0.2) is 14.8 Å². The molecule has 1 N–H and O–H groups in total. The lowest BCUT2D eigenvalue weighted by Crippen LogP contribution is -2.05. The van der Waals surface area contributed by atoms with Crippen molar-refractivity contribution in [1.29, 1.82) is 0 Å². The van der Waals surface area contributed by atoms with Crippen molar-refractivity contribution in [2.45, 2.75) is 13.0 Å². The van der Waals surface area contributed by atoms with E-state index in [1.807, 2.05) is 36.4 Å². The maximum atomic E-state index is 10.9. The zero-order valence-electron chi connectivity index (χ0n) is 16.2. The Hall–Kier alpha value is -3.93. The van der Waals surface area contributed by atoms with E-state index in [4.69, 9.17) is 19.8 Å². The molecule has 30 heavy (non-hydrogen) atoms. The Morgan fingerprint density at radius 2 is 1.60 bits per heavy atom. The fourth-order valence-corrected chi connectivity index (χ4v) is 3.72. The smallest absolute Gasteiger partial charge is 0.335 e. The van der Waals surface area contributed by atoms with Gasteiger partial charge in [-0.3, -0.25) is 0 Å². The van der Waals surface area contributed by atoms with Crippen molar-refractivity contribution >= 4 is 39.1 Å². The molecule has 3 aromatic carbocycles. The lowest BCUT2D eigenvalue weighted by atomic mass is 10.2. The molecular formula is C24H19N3O3. The number of aromatic nitrogens is 3. The summed E-state index contributed by atoms with van der Waals surface area (Å²) in [5.41, 5.74) is 4.91. The second-order valence-corrected chi connectivity index (χ2v) is 7.08. The first kappa shape index (κ1) is 18.1. The van der Waals surface area contributed by atoms with Crippen molar-refractivity contribution in [1.82, 2.24) is 14.5 Å². The van der Waals surface area contributed by atoms with Crippen LogP contribution in [0.2, 0.25) is 0 Å². The minimum absolute atomic E-state index is 0.249. The molecule has 2 aromatic heterocycles. The Labute approximate surface area is 172 Å². The second kappa shape index (κ2) is 7.48. The Kier molecular flexibility index (Phi) is 4.52. The number of benzene rings is 3. The number of aryl methyl sites for hydroxylation is 1. The van der Waals surface area contributed by atoms with Crippen LogP contribution in [-0.2, 0) is 6.54 Å². The molecule has 0 saturated carbocycles. The first-order valence-corrected chi connectivity index (χ1v) is 9.80. The highest BCUT2D eigenvalue weighted by atomic mass is 16.5. The lowest BCUT2D eigenvalue weighted by molar-refractivity contribution is 0.0697. The van der Waals surface area contributed by atoms with Gasteiger partial charge in [-0.05, 0) is 48.9 Å². The molecule has 0 fully saturated rings. The van der Waals surface area contributed by atoms with Crippen LogP contribution in [0.5, 0.6) is 5.75 Å². The molecule has 0 radical (unpaired) electrons. The molecule has 0 saturated heterocycles. The largest absolute Gasteiger partial charge is 0.494 e. The number of carboxylic acid groups (broad SMARTS) is 1. The summed E-state index contributed by atoms with van der Waals surface area (Å²) in [6.07, 6.45) is 0.781. The summed E-state index contributed by atoms with van der Waals surface area (Å²) in [6, 6.07) is 22.6. The van der Waals surface area contributed by atoms with E-state index in [0.717, 1.165) is 46.1 Å². The standard InChI is InChI=1S/C24H19N3O3/c28-24(29)16-10-12-17(13-11-16)30-15-5-14-27-21-9-4-1-6-18(21)22-23(27)26-20-8-3-2-7-19(20)25-22/h1-4,6-13H,5,14-15H2,(H,28,29). The molecule has 0 aliphatic rings. The summed E-state index contributed by atoms with van der Waals surface area (Å²) >= 11 is 0. The van der Waals surface area contributed by atoms with Gasteiger partial charge in [-0.1, -0.05) is 30.3 Å². The van der Waals surface area contributed by atoms with E-state index >= 15 is 0 Å². The number of para-hydroxylation sites is 3. The Morgan fingerprint density at radius 1 is 0.900 bits per heavy atom. The van der Waals surface area contributed by atoms with Crippen LogP contribution in [-0.4, -0.2) is 32.2 Å². The first-order chi connectivity index (χ1) is 14.7. The fraction of sp³-hybridized carbons (Fsp3) is 0.125. The highest BCUT2D eigenvalue weighted by Gasteiger charge is 2.14. The minimum atomic E-state index is -0.943. The SMILES string of the molecule is O=C(O)c1ccc(OCCCn2c3ccccc3c3nc4ccccc4nc32)cc1. The summed E-state index contributed by atoms with van der Waals surface area (Å²) in [7, 11) is 0. The minimum Gasteiger partial charge on any atom is -0.494 e. The van der Waals surface area contributed by atoms with Crippen LogP contribution in [0.15, 0.2) is 72.8 Å². The van der Waals surface area contributed by atoms with Crippen LogP contribution in [0, 0.1) is 0 Å². The van der Waals surface area contributed by atoms with Crippen LogP contribution in [0.25, 0.3) is 33.1 Å². The Balaban J connectivity index is 1.40. The molecule has 0 aliphatic carbocycles. The zero-order valence-corrected chi connectivity index (χ0v) is 16.2. The molecule has 0 spiro atoms. The average Bonchev–Trinajstić information content (AvgIpc) is 3.08. The van der Waals surface area contributed by atoms with Gasteiger partial charge < -0.3 is 14.4 Å². The van der Waals surface area contributed by atoms with E-state index in [2.05, 4.69) is 16.7 Å². The summed E-state index contributed by atoms with van der Waals surface area (Å²) in [5, 5.41) is 10.1. The van der Waals surface area contributed by atoms with E-state index in [-0.39, 0.29) is 5.56 Å². The number of fused-ring (bicyclic) bond motifs is 4. The van der Waals surface area contributed by atoms with Crippen molar-refractivity contribution in [2.75, 3.05) is 6.61 Å². The molecule has 5 rings (SSSR count). The maximum absolute atomic E-state index is 10.9. The van der Waals surface area contributed by atoms with Gasteiger partial charge in [0.05, 0.1) is 28.7 Å². The Bertz CT molecular complexity index is 1370. The van der Waals surface area contributed by atoms with Gasteiger partial charge >= 0.3 is 5.97 Å². The number of aromatic carboxylic acids is 1. The van der Waals surface area contributed by atoms with Crippen LogP contribution >= 0.6 is 0 Å². The number of hydrogen-bond acceptors (Lipinski definition) is 4. The number of carboxylic acids is 1. The molecule has 0 aliphatic heterocycles. The van der Waals surface area contributed by atoms with E-state index in [9.17, 15) is 4.79 Å². The maximum Gasteiger partial charge on any atom is 0.335 e. The lowest BCUT2D eigenvalue weighted by Gasteiger charge is -2.09. The highest BCUT2D eigenvalue weighted by Crippen LogP contribution is 2.28. The topological polar surface area (TPSA) is 77.2 Å². The Morgan fingerprint density at radius 3 is 2.37 bits per heavy atom. The molecule has 0 bridgehead atoms. The number of hydrogen-bond donors (Lipinski definition) is 1. The predicted molar refractivity (Wildman–Crippen MR) is 116 cm³/mol. The van der Waals surface area contributed by atoms with Crippen LogP contribution < -0.4 is 4.74 Å². The molecule has 6 nitrogen and oxygen atoms in total. The highest BCUT2D eigenvalue weighted by molar-refractivity contribution is 6.06. The van der Waals surface area contributed by atoms with Gasteiger partial charge in [0.1, 0.15) is 11.3 Å². The molecule has 148 valence electrons. The average molecular weight is 397 g/mol. The van der Waals surface area contributed by atoms with Crippen molar-refractivity contribution in [2.24, 2.45) is 0 Å². The van der Waals surface area contributed by atoms with Gasteiger partial charge in [0, 0.05) is 11.9 Å². The van der Waals surface area contributed by atoms with Crippen molar-refractivity contribution < 1.29 is 14.6 Å². The van der Waals surface area contributed by atoms with E-state index in [1.165, 1.54) is 0 Å². The third kappa shape index (κ3) is 3.22. The van der Waals surface area contributed by atoms with Gasteiger partial charge in [0.25, 0.3) is 0 Å². The van der Waals surface area contributed by atoms with E-state index in [0.29, 0.717) is 12.4 Å². The fourth-order valence-electron chi connectivity index (χ4n) is 3.72. The summed E-state index contributed by atoms with van der Waals surface area (Å²) in [6.45, 7) is 1.26. The summed E-state index contributed by atoms with van der Waals surface area (Å²) < 4.78 is 7.99. The molecule has 0 amide bonds. The molecule has 0 unspecified atom stereocenters. The van der Waals surface area contributed by atoms with Gasteiger partial charge in [-0.15, -0.1) is 0 Å². The number of carbonyl (C=O) groups is 1. The van der Waals surface area contributed by atoms with E-state index < -0.39 is 5.97 Å². The molecule has 2 heterocycles. The van der Waals surface area contributed by atoms with Gasteiger partial charge in [0.15, 0.2) is 5.65 Å². The van der Waals surface area contributed by atoms with Crippen molar-refractivity contribution in [3.63, 3.8) is 0 Å². The number of ether oxygens (including phenoxy) is 1. The van der Waals surface area contributed by atoms with Gasteiger partial charge in [-0.2, -0.15) is 0 Å². The van der Waals surface area contributed by atoms with Crippen LogP contribution in [0.4, 0.5) is 0 Å². The molecular weight excluding hydrogens is 378 g/mol. The van der Waals surface area contributed by atoms with Crippen molar-refractivity contribution in [3.8, 4) is 5.75 Å². The number of rotatable bonds is 6. The number of nitrogens with zero attached hydrogens (tertiary/aromatic N) is 3. The van der Waals surface area contributed by atoms with E-state index in [1.54, 1.807) is 24.3 Å². The molecule has 0 atom stereocenters. The second-order valence-electron chi connectivity index (χ2n) is 7.08. The quantitative estimate of drug-likeness (QED) is 0.412. The zero-order chi connectivity index (χ0) is 20.5. The summed E-state index contributed by atoms with van der Waals surface area (Å²) in [5.74, 6) is -0.283.